The van der Waals surface area contributed by atoms with Crippen LogP contribution >= 0.6 is 0 Å². The third-order valence-electron chi connectivity index (χ3n) is 6.86. The van der Waals surface area contributed by atoms with Crippen LogP contribution in [0.2, 0.25) is 0 Å². The third-order valence-corrected chi connectivity index (χ3v) is 6.86. The van der Waals surface area contributed by atoms with Gasteiger partial charge in [-0.3, -0.25) is 4.79 Å². The van der Waals surface area contributed by atoms with Crippen LogP contribution in [0.4, 0.5) is 13.2 Å². The number of unbranched alkanes of at least 4 members (excludes halogenated alkanes) is 1. The number of hydrogen-bond acceptors (Lipinski definition) is 10. The van der Waals surface area contributed by atoms with Gasteiger partial charge in [-0.25, -0.2) is 4.79 Å². The number of aliphatic hydroxyl groups is 3. The number of nitrogens with one attached hydrogen (secondary N) is 1. The Hall–Kier alpha value is -3.69. The predicted molar refractivity (Wildman–Crippen MR) is 149 cm³/mol. The summed E-state index contributed by atoms with van der Waals surface area (Å²) in [6.45, 7) is 2.13. The molecule has 1 aliphatic rings. The molecule has 1 fully saturated rings. The lowest BCUT2D eigenvalue weighted by Gasteiger charge is -2.19. The normalized spacial score (nSPS) is 22.5. The molecular weight excluding hydrogens is 593 g/mol. The van der Waals surface area contributed by atoms with Crippen LogP contribution in [-0.2, 0) is 25.3 Å². The van der Waals surface area contributed by atoms with Crippen molar-refractivity contribution in [3.05, 3.63) is 64.2 Å². The first-order chi connectivity index (χ1) is 20.7. The second kappa shape index (κ2) is 17.6. The highest BCUT2D eigenvalue weighted by molar-refractivity contribution is 5.84. The Morgan fingerprint density at radius 2 is 1.91 bits per heavy atom. The number of carbonyl (C=O) groups is 2. The van der Waals surface area contributed by atoms with Crippen molar-refractivity contribution >= 4 is 11.9 Å². The number of carbonyl (C=O) groups excluding carboxylic acids is 2. The fourth-order valence-electron chi connectivity index (χ4n) is 4.59. The first kappa shape index (κ1) is 36.5. The molecule has 0 heterocycles. The fourth-order valence-corrected chi connectivity index (χ4v) is 4.59. The molecule has 1 aromatic carbocycles. The maximum atomic E-state index is 12.9. The Balaban J connectivity index is 1.74. The summed E-state index contributed by atoms with van der Waals surface area (Å²) < 4.78 is 48.8. The summed E-state index contributed by atoms with van der Waals surface area (Å²) >= 11 is 0. The van der Waals surface area contributed by atoms with Gasteiger partial charge in [-0.2, -0.15) is 13.2 Å². The van der Waals surface area contributed by atoms with E-state index in [4.69, 9.17) is 9.47 Å². The second-order valence-electron chi connectivity index (χ2n) is 10.6. The number of aliphatic hydroxyl groups excluding tert-OH is 3. The molecule has 15 heteroatoms. The van der Waals surface area contributed by atoms with Crippen LogP contribution in [-0.4, -0.2) is 76.0 Å². The number of alkyl halides is 3. The highest BCUT2D eigenvalue weighted by Crippen LogP contribution is 2.36. The van der Waals surface area contributed by atoms with Gasteiger partial charge in [-0.15, -0.1) is 10.1 Å². The van der Waals surface area contributed by atoms with Gasteiger partial charge < -0.3 is 34.9 Å². The second-order valence-corrected chi connectivity index (χ2v) is 10.6. The standard InChI is InChI=1S/C29H39F3N2O10/c1-18(44-34(40)41)16-43-28(39)19(2)33-27(38)11-6-4-3-5-10-23-24(26(37)15-25(23)36)13-12-21(35)17-42-22-9-7-8-20(14-22)29(30,31)32/h3,5,7-9,12-14,18-19,21,23-26,35-37H,4,6,10-11,15-17H2,1-2H3,(H,33,38)/t18?,19?,21-,23-,24-,25+,26-/m1/s1. The van der Waals surface area contributed by atoms with Gasteiger partial charge in [-0.05, 0) is 57.2 Å². The smallest absolute Gasteiger partial charge is 0.416 e. The van der Waals surface area contributed by atoms with E-state index in [2.05, 4.69) is 10.2 Å². The number of benzene rings is 1. The predicted octanol–water partition coefficient (Wildman–Crippen LogP) is 3.12. The molecule has 2 unspecified atom stereocenters. The van der Waals surface area contributed by atoms with E-state index in [0.29, 0.717) is 19.3 Å². The van der Waals surface area contributed by atoms with Gasteiger partial charge >= 0.3 is 12.1 Å². The Morgan fingerprint density at radius 1 is 1.18 bits per heavy atom. The van der Waals surface area contributed by atoms with Crippen molar-refractivity contribution in [2.75, 3.05) is 13.2 Å². The zero-order valence-electron chi connectivity index (χ0n) is 24.4. The maximum Gasteiger partial charge on any atom is 0.416 e. The van der Waals surface area contributed by atoms with Crippen molar-refractivity contribution in [2.45, 2.75) is 82.6 Å². The quantitative estimate of drug-likeness (QED) is 0.0656. The molecule has 0 bridgehead atoms. The van der Waals surface area contributed by atoms with Crippen molar-refractivity contribution in [3.63, 3.8) is 0 Å². The molecule has 7 atom stereocenters. The minimum absolute atomic E-state index is 0.0475. The number of hydrogen-bond donors (Lipinski definition) is 4. The molecule has 0 radical (unpaired) electrons. The van der Waals surface area contributed by atoms with E-state index in [1.54, 1.807) is 6.08 Å². The zero-order valence-corrected chi connectivity index (χ0v) is 24.4. The maximum absolute atomic E-state index is 12.9. The number of amides is 1. The van der Waals surface area contributed by atoms with E-state index in [0.717, 1.165) is 12.1 Å². The minimum atomic E-state index is -4.52. The van der Waals surface area contributed by atoms with E-state index in [-0.39, 0.29) is 43.6 Å². The Kier molecular flexibility index (Phi) is 14.6. The Morgan fingerprint density at radius 3 is 2.59 bits per heavy atom. The molecule has 4 N–H and O–H groups in total. The van der Waals surface area contributed by atoms with Crippen molar-refractivity contribution in [2.24, 2.45) is 11.8 Å². The summed E-state index contributed by atoms with van der Waals surface area (Å²) in [6.07, 6.45) is 0.0259. The number of allylic oxidation sites excluding steroid dienone is 2. The number of rotatable bonds is 17. The first-order valence-corrected chi connectivity index (χ1v) is 14.1. The highest BCUT2D eigenvalue weighted by atomic mass is 19.4. The van der Waals surface area contributed by atoms with Gasteiger partial charge in [0.05, 0.1) is 17.8 Å². The number of esters is 1. The number of halogens is 3. The van der Waals surface area contributed by atoms with E-state index < -0.39 is 59.2 Å². The minimum Gasteiger partial charge on any atom is -0.491 e. The fraction of sp³-hybridized carbons (Fsp3) is 0.586. The molecule has 1 saturated carbocycles. The lowest BCUT2D eigenvalue weighted by atomic mass is 9.89. The zero-order chi connectivity index (χ0) is 32.9. The summed E-state index contributed by atoms with van der Waals surface area (Å²) in [4.78, 5) is 38.5. The van der Waals surface area contributed by atoms with Gasteiger partial charge in [-0.1, -0.05) is 30.4 Å². The highest BCUT2D eigenvalue weighted by Gasteiger charge is 2.39. The molecule has 1 amide bonds. The van der Waals surface area contributed by atoms with Crippen molar-refractivity contribution in [1.82, 2.24) is 5.32 Å². The van der Waals surface area contributed by atoms with Crippen molar-refractivity contribution < 1.29 is 57.5 Å². The van der Waals surface area contributed by atoms with E-state index in [1.165, 1.54) is 32.1 Å². The Bertz CT molecular complexity index is 1150. The van der Waals surface area contributed by atoms with Crippen LogP contribution in [0.5, 0.6) is 5.75 Å². The molecule has 0 saturated heterocycles. The molecule has 246 valence electrons. The van der Waals surface area contributed by atoms with Gasteiger partial charge in [0.15, 0.2) is 0 Å². The Labute approximate surface area is 252 Å². The molecule has 12 nitrogen and oxygen atoms in total. The lowest BCUT2D eigenvalue weighted by Crippen LogP contribution is -2.40. The molecule has 1 aliphatic carbocycles. The van der Waals surface area contributed by atoms with Gasteiger partial charge in [0.2, 0.25) is 5.91 Å². The first-order valence-electron chi connectivity index (χ1n) is 14.1. The van der Waals surface area contributed by atoms with Crippen LogP contribution in [0.1, 0.15) is 51.5 Å². The largest absolute Gasteiger partial charge is 0.491 e. The molecule has 0 aliphatic heterocycles. The van der Waals surface area contributed by atoms with Crippen LogP contribution in [0.25, 0.3) is 0 Å². The van der Waals surface area contributed by atoms with E-state index >= 15 is 0 Å². The van der Waals surface area contributed by atoms with Gasteiger partial charge in [0, 0.05) is 18.8 Å². The van der Waals surface area contributed by atoms with Gasteiger partial charge in [0.25, 0.3) is 5.09 Å². The molecule has 0 aromatic heterocycles. The SMILES string of the molecule is CC(COC(=O)C(C)NC(=O)CCCC=CC[C@@H]1[C@@H](C=C[C@@H](O)COc2cccc(C(F)(F)F)c2)[C@H](O)C[C@@H]1O)O[N+](=O)[O-]. The molecule has 44 heavy (non-hydrogen) atoms. The summed E-state index contributed by atoms with van der Waals surface area (Å²) in [5.41, 5.74) is -0.870. The monoisotopic (exact) mass is 632 g/mol. The summed E-state index contributed by atoms with van der Waals surface area (Å²) in [6, 6.07) is 3.34. The average Bonchev–Trinajstić information content (AvgIpc) is 3.21. The summed E-state index contributed by atoms with van der Waals surface area (Å²) in [7, 11) is 0. The van der Waals surface area contributed by atoms with Crippen LogP contribution in [0.3, 0.4) is 0 Å². The molecule has 0 spiro atoms. The third kappa shape index (κ3) is 12.9. The molecular formula is C29H39F3N2O10. The van der Waals surface area contributed by atoms with Crippen molar-refractivity contribution in [3.8, 4) is 5.75 Å². The van der Waals surface area contributed by atoms with Crippen LogP contribution < -0.4 is 10.1 Å². The molecule has 2 rings (SSSR count). The topological polar surface area (TPSA) is 178 Å². The van der Waals surface area contributed by atoms with E-state index in [1.807, 2.05) is 12.2 Å². The summed E-state index contributed by atoms with van der Waals surface area (Å²) in [5, 5.41) is 42.8. The van der Waals surface area contributed by atoms with Crippen LogP contribution in [0, 0.1) is 22.0 Å². The average molecular weight is 633 g/mol. The lowest BCUT2D eigenvalue weighted by molar-refractivity contribution is -0.767. The molecule has 1 aromatic rings. The summed E-state index contributed by atoms with van der Waals surface area (Å²) in [5.74, 6) is -2.00. The van der Waals surface area contributed by atoms with Crippen molar-refractivity contribution in [1.29, 1.82) is 0 Å². The van der Waals surface area contributed by atoms with Crippen LogP contribution in [0.15, 0.2) is 48.6 Å². The van der Waals surface area contributed by atoms with Gasteiger partial charge in [0.1, 0.15) is 37.2 Å². The number of nitrogens with zero attached hydrogens (tertiary/aromatic N) is 1. The number of ether oxygens (including phenoxy) is 2. The van der Waals surface area contributed by atoms with E-state index in [9.17, 15) is 48.2 Å².